The number of nitrogens with two attached hydrogens (primary N) is 1. The lowest BCUT2D eigenvalue weighted by atomic mass is 9.92. The first-order valence-electron chi connectivity index (χ1n) is 9.50. The largest absolute Gasteiger partial charge is 0.476 e. The number of carbonyl (C=O) groups excluding carboxylic acids is 2. The first-order chi connectivity index (χ1) is 13.9. The van der Waals surface area contributed by atoms with Crippen LogP contribution in [0.15, 0.2) is 36.4 Å². The number of ether oxygens (including phenoxy) is 1. The van der Waals surface area contributed by atoms with E-state index in [1.807, 2.05) is 30.3 Å². The Labute approximate surface area is 167 Å². The standard InChI is InChI=1S/C20H24N4O5/c21-19(26)16-10-15(20(27)28)23-24(16)11-18(25)22-14-8-4-5-9-17(14)29-12-13-6-2-1-3-7-13/h1-3,6-7,10,14,17H,4-5,8-9,11-12H2,(H2,21,26)(H,22,25)(H,27,28)/t14-,17-/m0/s1. The Morgan fingerprint density at radius 2 is 1.93 bits per heavy atom. The highest BCUT2D eigenvalue weighted by molar-refractivity contribution is 5.95. The highest BCUT2D eigenvalue weighted by Crippen LogP contribution is 2.22. The van der Waals surface area contributed by atoms with Gasteiger partial charge in [-0.2, -0.15) is 5.10 Å². The van der Waals surface area contributed by atoms with Crippen molar-refractivity contribution in [3.63, 3.8) is 0 Å². The summed E-state index contributed by atoms with van der Waals surface area (Å²) in [4.78, 5) is 35.1. The van der Waals surface area contributed by atoms with Crippen molar-refractivity contribution in [3.05, 3.63) is 53.3 Å². The third-order valence-electron chi connectivity index (χ3n) is 4.90. The molecule has 1 aliphatic carbocycles. The molecule has 2 atom stereocenters. The van der Waals surface area contributed by atoms with Crippen LogP contribution in [0, 0.1) is 0 Å². The maximum atomic E-state index is 12.5. The van der Waals surface area contributed by atoms with Gasteiger partial charge in [0.05, 0.1) is 18.8 Å². The van der Waals surface area contributed by atoms with Gasteiger partial charge in [-0.25, -0.2) is 9.48 Å². The van der Waals surface area contributed by atoms with Gasteiger partial charge in [0.25, 0.3) is 5.91 Å². The normalized spacial score (nSPS) is 18.9. The minimum Gasteiger partial charge on any atom is -0.476 e. The zero-order valence-corrected chi connectivity index (χ0v) is 15.9. The van der Waals surface area contributed by atoms with E-state index in [0.29, 0.717) is 6.61 Å². The lowest BCUT2D eigenvalue weighted by Crippen LogP contribution is -2.47. The van der Waals surface area contributed by atoms with E-state index >= 15 is 0 Å². The SMILES string of the molecule is NC(=O)c1cc(C(=O)O)nn1CC(=O)N[C@H]1CCCC[C@@H]1OCc1ccccc1. The average molecular weight is 400 g/mol. The second kappa shape index (κ2) is 9.33. The van der Waals surface area contributed by atoms with Crippen molar-refractivity contribution >= 4 is 17.8 Å². The van der Waals surface area contributed by atoms with Crippen LogP contribution in [-0.4, -0.2) is 44.8 Å². The number of amides is 2. The first kappa shape index (κ1) is 20.5. The quantitative estimate of drug-likeness (QED) is 0.611. The molecule has 1 aliphatic rings. The number of aromatic nitrogens is 2. The van der Waals surface area contributed by atoms with Gasteiger partial charge in [-0.1, -0.05) is 43.2 Å². The molecular formula is C20H24N4O5. The summed E-state index contributed by atoms with van der Waals surface area (Å²) >= 11 is 0. The van der Waals surface area contributed by atoms with Gasteiger partial charge in [-0.15, -0.1) is 0 Å². The van der Waals surface area contributed by atoms with Crippen LogP contribution in [-0.2, 0) is 22.7 Å². The molecular weight excluding hydrogens is 376 g/mol. The van der Waals surface area contributed by atoms with Crippen molar-refractivity contribution in [3.8, 4) is 0 Å². The van der Waals surface area contributed by atoms with E-state index < -0.39 is 11.9 Å². The van der Waals surface area contributed by atoms with Crippen LogP contribution < -0.4 is 11.1 Å². The Hall–Kier alpha value is -3.20. The van der Waals surface area contributed by atoms with Gasteiger partial charge in [-0.05, 0) is 18.4 Å². The van der Waals surface area contributed by atoms with Crippen LogP contribution in [0.2, 0.25) is 0 Å². The van der Waals surface area contributed by atoms with Crippen molar-refractivity contribution in [1.82, 2.24) is 15.1 Å². The topological polar surface area (TPSA) is 137 Å². The molecule has 0 saturated heterocycles. The molecule has 0 radical (unpaired) electrons. The van der Waals surface area contributed by atoms with Crippen molar-refractivity contribution in [1.29, 1.82) is 0 Å². The number of nitrogens with zero attached hydrogens (tertiary/aromatic N) is 2. The summed E-state index contributed by atoms with van der Waals surface area (Å²) in [5.41, 5.74) is 5.86. The molecule has 0 spiro atoms. The summed E-state index contributed by atoms with van der Waals surface area (Å²) in [5, 5.41) is 15.8. The minimum absolute atomic E-state index is 0.115. The molecule has 29 heavy (non-hydrogen) atoms. The molecule has 0 aliphatic heterocycles. The third kappa shape index (κ3) is 5.41. The number of aromatic carboxylic acids is 1. The number of primary amides is 1. The predicted molar refractivity (Wildman–Crippen MR) is 103 cm³/mol. The Balaban J connectivity index is 1.62. The molecule has 9 nitrogen and oxygen atoms in total. The van der Waals surface area contributed by atoms with Crippen molar-refractivity contribution in [2.75, 3.05) is 0 Å². The average Bonchev–Trinajstić information content (AvgIpc) is 3.12. The zero-order chi connectivity index (χ0) is 20.8. The smallest absolute Gasteiger partial charge is 0.356 e. The lowest BCUT2D eigenvalue weighted by molar-refractivity contribution is -0.124. The van der Waals surface area contributed by atoms with Gasteiger partial charge in [-0.3, -0.25) is 9.59 Å². The second-order valence-corrected chi connectivity index (χ2v) is 7.04. The number of carboxylic acids is 1. The Morgan fingerprint density at radius 3 is 2.62 bits per heavy atom. The fourth-order valence-corrected chi connectivity index (χ4v) is 3.47. The van der Waals surface area contributed by atoms with Crippen LogP contribution in [0.5, 0.6) is 0 Å². The minimum atomic E-state index is -1.30. The molecule has 0 bridgehead atoms. The maximum absolute atomic E-state index is 12.5. The number of carbonyl (C=O) groups is 3. The van der Waals surface area contributed by atoms with Gasteiger partial charge >= 0.3 is 5.97 Å². The first-order valence-corrected chi connectivity index (χ1v) is 9.50. The molecule has 1 saturated carbocycles. The van der Waals surface area contributed by atoms with Crippen LogP contribution in [0.4, 0.5) is 0 Å². The Bertz CT molecular complexity index is 880. The lowest BCUT2D eigenvalue weighted by Gasteiger charge is -2.32. The number of rotatable bonds is 8. The molecule has 2 amide bonds. The summed E-state index contributed by atoms with van der Waals surface area (Å²) in [6.07, 6.45) is 3.52. The molecule has 1 aromatic heterocycles. The van der Waals surface area contributed by atoms with Crippen LogP contribution >= 0.6 is 0 Å². The molecule has 1 fully saturated rings. The fourth-order valence-electron chi connectivity index (χ4n) is 3.47. The monoisotopic (exact) mass is 400 g/mol. The van der Waals surface area contributed by atoms with E-state index in [4.69, 9.17) is 15.6 Å². The van der Waals surface area contributed by atoms with Gasteiger partial charge in [0, 0.05) is 6.07 Å². The van der Waals surface area contributed by atoms with E-state index in [1.54, 1.807) is 0 Å². The van der Waals surface area contributed by atoms with E-state index in [1.165, 1.54) is 0 Å². The van der Waals surface area contributed by atoms with Crippen LogP contribution in [0.25, 0.3) is 0 Å². The molecule has 4 N–H and O–H groups in total. The van der Waals surface area contributed by atoms with Gasteiger partial charge in [0.2, 0.25) is 5.91 Å². The van der Waals surface area contributed by atoms with Crippen molar-refractivity contribution < 1.29 is 24.2 Å². The molecule has 154 valence electrons. The highest BCUT2D eigenvalue weighted by Gasteiger charge is 2.28. The summed E-state index contributed by atoms with van der Waals surface area (Å²) < 4.78 is 7.06. The summed E-state index contributed by atoms with van der Waals surface area (Å²) in [6, 6.07) is 10.7. The number of benzene rings is 1. The highest BCUT2D eigenvalue weighted by atomic mass is 16.5. The van der Waals surface area contributed by atoms with Crippen molar-refractivity contribution in [2.24, 2.45) is 5.73 Å². The van der Waals surface area contributed by atoms with Gasteiger partial charge in [0.15, 0.2) is 5.69 Å². The molecule has 0 unspecified atom stereocenters. The molecule has 1 aromatic carbocycles. The van der Waals surface area contributed by atoms with Gasteiger partial charge < -0.3 is 20.9 Å². The Kier molecular flexibility index (Phi) is 6.61. The van der Waals surface area contributed by atoms with Crippen LogP contribution in [0.3, 0.4) is 0 Å². The maximum Gasteiger partial charge on any atom is 0.356 e. The van der Waals surface area contributed by atoms with Crippen LogP contribution in [0.1, 0.15) is 52.2 Å². The number of hydrogen-bond acceptors (Lipinski definition) is 5. The zero-order valence-electron chi connectivity index (χ0n) is 15.9. The summed E-state index contributed by atoms with van der Waals surface area (Å²) in [7, 11) is 0. The number of hydrogen-bond donors (Lipinski definition) is 3. The van der Waals surface area contributed by atoms with E-state index in [9.17, 15) is 14.4 Å². The summed E-state index contributed by atoms with van der Waals surface area (Å²) in [5.74, 6) is -2.53. The summed E-state index contributed by atoms with van der Waals surface area (Å²) in [6.45, 7) is 0.165. The number of carboxylic acid groups (broad SMARTS) is 1. The third-order valence-corrected chi connectivity index (χ3v) is 4.90. The van der Waals surface area contributed by atoms with E-state index in [0.717, 1.165) is 42.0 Å². The molecule has 1 heterocycles. The second-order valence-electron chi connectivity index (χ2n) is 7.04. The van der Waals surface area contributed by atoms with E-state index in [-0.39, 0.29) is 36.0 Å². The van der Waals surface area contributed by atoms with Gasteiger partial charge in [0.1, 0.15) is 12.2 Å². The predicted octanol–water partition coefficient (Wildman–Crippen LogP) is 1.32. The Morgan fingerprint density at radius 1 is 1.21 bits per heavy atom. The fraction of sp³-hybridized carbons (Fsp3) is 0.400. The van der Waals surface area contributed by atoms with Crippen molar-refractivity contribution in [2.45, 2.75) is 51.0 Å². The van der Waals surface area contributed by atoms with E-state index in [2.05, 4.69) is 10.4 Å². The molecule has 2 aromatic rings. The number of nitrogens with one attached hydrogen (secondary N) is 1. The molecule has 3 rings (SSSR count). The molecule has 9 heteroatoms.